The Morgan fingerprint density at radius 1 is 1.62 bits per heavy atom. The zero-order chi connectivity index (χ0) is 9.47. The molecule has 4 nitrogen and oxygen atoms in total. The molecule has 0 spiro atoms. The topological polar surface area (TPSA) is 50.9 Å². The summed E-state index contributed by atoms with van der Waals surface area (Å²) >= 11 is 0. The van der Waals surface area contributed by atoms with Crippen LogP contribution in [0.4, 0.5) is 0 Å². The summed E-state index contributed by atoms with van der Waals surface area (Å²) < 4.78 is 0. The van der Waals surface area contributed by atoms with E-state index in [0.29, 0.717) is 11.6 Å². The fourth-order valence-electron chi connectivity index (χ4n) is 1.76. The molecular weight excluding hydrogens is 166 g/mol. The highest BCUT2D eigenvalue weighted by molar-refractivity contribution is 5.08. The standard InChI is InChI=1S/C9H15N3O/c1-9(13,7-4-3-5-7)8-6-10-12(2)11-8/h6-7,13H,3-5H2,1-2H3. The van der Waals surface area contributed by atoms with Gasteiger partial charge in [0.15, 0.2) is 0 Å². The summed E-state index contributed by atoms with van der Waals surface area (Å²) in [5, 5.41) is 18.3. The van der Waals surface area contributed by atoms with Crippen LogP contribution in [0, 0.1) is 5.92 Å². The van der Waals surface area contributed by atoms with E-state index in [1.54, 1.807) is 13.2 Å². The van der Waals surface area contributed by atoms with Gasteiger partial charge in [-0.2, -0.15) is 15.0 Å². The molecule has 13 heavy (non-hydrogen) atoms. The lowest BCUT2D eigenvalue weighted by Crippen LogP contribution is -2.36. The lowest BCUT2D eigenvalue weighted by Gasteiger charge is -2.37. The summed E-state index contributed by atoms with van der Waals surface area (Å²) in [7, 11) is 1.76. The number of hydrogen-bond acceptors (Lipinski definition) is 3. The van der Waals surface area contributed by atoms with Gasteiger partial charge >= 0.3 is 0 Å². The number of aryl methyl sites for hydroxylation is 1. The first-order valence-corrected chi connectivity index (χ1v) is 4.70. The van der Waals surface area contributed by atoms with E-state index in [0.717, 1.165) is 12.8 Å². The maximum absolute atomic E-state index is 10.2. The second kappa shape index (κ2) is 2.80. The van der Waals surface area contributed by atoms with Gasteiger partial charge < -0.3 is 5.11 Å². The Hall–Kier alpha value is -0.900. The molecule has 0 aromatic carbocycles. The van der Waals surface area contributed by atoms with Crippen LogP contribution < -0.4 is 0 Å². The predicted molar refractivity (Wildman–Crippen MR) is 47.9 cm³/mol. The molecule has 0 bridgehead atoms. The summed E-state index contributed by atoms with van der Waals surface area (Å²) in [6, 6.07) is 0. The summed E-state index contributed by atoms with van der Waals surface area (Å²) in [6.45, 7) is 1.83. The van der Waals surface area contributed by atoms with E-state index in [1.807, 2.05) is 6.92 Å². The molecule has 1 unspecified atom stereocenters. The van der Waals surface area contributed by atoms with Crippen molar-refractivity contribution in [3.05, 3.63) is 11.9 Å². The number of aromatic nitrogens is 3. The molecule has 1 fully saturated rings. The molecule has 2 rings (SSSR count). The fraction of sp³-hybridized carbons (Fsp3) is 0.778. The van der Waals surface area contributed by atoms with E-state index in [1.165, 1.54) is 11.2 Å². The fourth-order valence-corrected chi connectivity index (χ4v) is 1.76. The molecule has 1 N–H and O–H groups in total. The van der Waals surface area contributed by atoms with Crippen LogP contribution in [0.1, 0.15) is 31.9 Å². The summed E-state index contributed by atoms with van der Waals surface area (Å²) in [4.78, 5) is 1.49. The molecule has 0 saturated heterocycles. The van der Waals surface area contributed by atoms with Crippen molar-refractivity contribution >= 4 is 0 Å². The van der Waals surface area contributed by atoms with Crippen molar-refractivity contribution < 1.29 is 5.11 Å². The number of hydrogen-bond donors (Lipinski definition) is 1. The summed E-state index contributed by atoms with van der Waals surface area (Å²) in [5.41, 5.74) is -0.0910. The van der Waals surface area contributed by atoms with Crippen molar-refractivity contribution in [3.8, 4) is 0 Å². The number of aliphatic hydroxyl groups is 1. The minimum Gasteiger partial charge on any atom is -0.383 e. The van der Waals surface area contributed by atoms with Gasteiger partial charge in [0.2, 0.25) is 0 Å². The molecule has 0 aliphatic heterocycles. The largest absolute Gasteiger partial charge is 0.383 e. The third-order valence-corrected chi connectivity index (χ3v) is 3.02. The van der Waals surface area contributed by atoms with Gasteiger partial charge in [0.25, 0.3) is 0 Å². The molecule has 4 heteroatoms. The third-order valence-electron chi connectivity index (χ3n) is 3.02. The minimum absolute atomic E-state index is 0.365. The number of rotatable bonds is 2. The molecule has 1 aliphatic rings. The molecule has 1 aliphatic carbocycles. The van der Waals surface area contributed by atoms with Crippen molar-refractivity contribution in [2.75, 3.05) is 0 Å². The van der Waals surface area contributed by atoms with Gasteiger partial charge in [0.05, 0.1) is 6.20 Å². The van der Waals surface area contributed by atoms with Gasteiger partial charge in [-0.1, -0.05) is 6.42 Å². The van der Waals surface area contributed by atoms with E-state index in [2.05, 4.69) is 10.2 Å². The first-order valence-electron chi connectivity index (χ1n) is 4.70. The zero-order valence-corrected chi connectivity index (χ0v) is 8.06. The predicted octanol–water partition coefficient (Wildman–Crippen LogP) is 0.823. The van der Waals surface area contributed by atoms with Gasteiger partial charge in [0, 0.05) is 7.05 Å². The van der Waals surface area contributed by atoms with E-state index in [9.17, 15) is 5.11 Å². The molecule has 72 valence electrons. The van der Waals surface area contributed by atoms with Gasteiger partial charge in [-0.25, -0.2) is 0 Å². The maximum Gasteiger partial charge on any atom is 0.114 e. The first-order chi connectivity index (χ1) is 6.10. The van der Waals surface area contributed by atoms with Crippen molar-refractivity contribution in [3.63, 3.8) is 0 Å². The third kappa shape index (κ3) is 1.35. The molecule has 1 aromatic rings. The van der Waals surface area contributed by atoms with Crippen molar-refractivity contribution in [2.45, 2.75) is 31.8 Å². The normalized spacial score (nSPS) is 22.4. The van der Waals surface area contributed by atoms with E-state index < -0.39 is 5.60 Å². The van der Waals surface area contributed by atoms with Crippen molar-refractivity contribution in [1.82, 2.24) is 15.0 Å². The Morgan fingerprint density at radius 3 is 2.69 bits per heavy atom. The highest BCUT2D eigenvalue weighted by Gasteiger charge is 2.39. The second-order valence-electron chi connectivity index (χ2n) is 3.99. The monoisotopic (exact) mass is 181 g/mol. The first kappa shape index (κ1) is 8.69. The molecule has 0 radical (unpaired) electrons. The van der Waals surface area contributed by atoms with Gasteiger partial charge in [-0.15, -0.1) is 0 Å². The molecular formula is C9H15N3O. The maximum atomic E-state index is 10.2. The van der Waals surface area contributed by atoms with Crippen molar-refractivity contribution in [2.24, 2.45) is 13.0 Å². The Kier molecular flexibility index (Phi) is 1.87. The van der Waals surface area contributed by atoms with Gasteiger partial charge in [-0.3, -0.25) is 0 Å². The van der Waals surface area contributed by atoms with E-state index in [4.69, 9.17) is 0 Å². The zero-order valence-electron chi connectivity index (χ0n) is 8.06. The van der Waals surface area contributed by atoms with Crippen LogP contribution in [0.5, 0.6) is 0 Å². The average molecular weight is 181 g/mol. The molecule has 1 atom stereocenters. The van der Waals surface area contributed by atoms with E-state index in [-0.39, 0.29) is 0 Å². The summed E-state index contributed by atoms with van der Waals surface area (Å²) in [5.74, 6) is 0.365. The lowest BCUT2D eigenvalue weighted by molar-refractivity contribution is -0.0437. The molecule has 1 heterocycles. The SMILES string of the molecule is Cn1ncc(C(C)(O)C2CCC2)n1. The smallest absolute Gasteiger partial charge is 0.114 e. The van der Waals surface area contributed by atoms with Crippen LogP contribution in [-0.2, 0) is 12.6 Å². The number of nitrogens with zero attached hydrogens (tertiary/aromatic N) is 3. The Balaban J connectivity index is 2.22. The highest BCUT2D eigenvalue weighted by Crippen LogP contribution is 2.41. The average Bonchev–Trinajstić information content (AvgIpc) is 2.30. The Bertz CT molecular complexity index is 302. The van der Waals surface area contributed by atoms with E-state index >= 15 is 0 Å². The second-order valence-corrected chi connectivity index (χ2v) is 3.99. The quantitative estimate of drug-likeness (QED) is 0.735. The Morgan fingerprint density at radius 2 is 2.31 bits per heavy atom. The summed E-state index contributed by atoms with van der Waals surface area (Å²) in [6.07, 6.45) is 5.08. The van der Waals surface area contributed by atoms with Crippen LogP contribution in [0.2, 0.25) is 0 Å². The van der Waals surface area contributed by atoms with Crippen LogP contribution in [0.25, 0.3) is 0 Å². The Labute approximate surface area is 77.6 Å². The molecule has 0 amide bonds. The van der Waals surface area contributed by atoms with Crippen LogP contribution in [-0.4, -0.2) is 20.1 Å². The van der Waals surface area contributed by atoms with Gasteiger partial charge in [0.1, 0.15) is 11.3 Å². The van der Waals surface area contributed by atoms with Crippen LogP contribution in [0.15, 0.2) is 6.20 Å². The van der Waals surface area contributed by atoms with Crippen LogP contribution in [0.3, 0.4) is 0 Å². The van der Waals surface area contributed by atoms with Gasteiger partial charge in [-0.05, 0) is 25.7 Å². The highest BCUT2D eigenvalue weighted by atomic mass is 16.3. The van der Waals surface area contributed by atoms with Crippen molar-refractivity contribution in [1.29, 1.82) is 0 Å². The van der Waals surface area contributed by atoms with Crippen LogP contribution >= 0.6 is 0 Å². The molecule has 1 saturated carbocycles. The molecule has 1 aromatic heterocycles. The minimum atomic E-state index is -0.785. The lowest BCUT2D eigenvalue weighted by atomic mass is 9.72.